The number of hydrogen-bond donors (Lipinski definition) is 1. The molecule has 0 aliphatic carbocycles. The van der Waals surface area contributed by atoms with Crippen LogP contribution in [0.4, 0.5) is 10.5 Å². The van der Waals surface area contributed by atoms with Crippen molar-refractivity contribution in [1.82, 2.24) is 0 Å². The molecular formula is C10H12ClNOS. The zero-order chi connectivity index (χ0) is 10.6. The summed E-state index contributed by atoms with van der Waals surface area (Å²) in [6.45, 7) is 3.86. The minimum Gasteiger partial charge on any atom is -0.317 e. The van der Waals surface area contributed by atoms with E-state index < -0.39 is 0 Å². The average Bonchev–Trinajstić information content (AvgIpc) is 2.12. The molecule has 0 heterocycles. The standard InChI is InChI=1S/C10H12ClNOS/c1-3-14-10(13)12-8-5-4-7(2)9(11)6-8/h4-6H,3H2,1-2H3,(H,12,13). The molecular weight excluding hydrogens is 218 g/mol. The second-order valence-corrected chi connectivity index (χ2v) is 4.45. The van der Waals surface area contributed by atoms with Crippen LogP contribution < -0.4 is 5.32 Å². The maximum atomic E-state index is 11.2. The van der Waals surface area contributed by atoms with Crippen LogP contribution in [0, 0.1) is 6.92 Å². The fourth-order valence-corrected chi connectivity index (χ4v) is 1.59. The lowest BCUT2D eigenvalue weighted by molar-refractivity contribution is 0.270. The van der Waals surface area contributed by atoms with E-state index in [4.69, 9.17) is 11.6 Å². The smallest absolute Gasteiger partial charge is 0.283 e. The van der Waals surface area contributed by atoms with Gasteiger partial charge in [-0.3, -0.25) is 4.79 Å². The highest BCUT2D eigenvalue weighted by Crippen LogP contribution is 2.20. The Bertz CT molecular complexity index is 341. The topological polar surface area (TPSA) is 29.1 Å². The highest BCUT2D eigenvalue weighted by Gasteiger charge is 2.02. The minimum absolute atomic E-state index is 0.0487. The summed E-state index contributed by atoms with van der Waals surface area (Å²) >= 11 is 7.16. The Labute approximate surface area is 93.0 Å². The molecule has 0 aliphatic rings. The van der Waals surface area contributed by atoms with E-state index in [2.05, 4.69) is 5.32 Å². The number of aryl methyl sites for hydroxylation is 1. The van der Waals surface area contributed by atoms with Crippen molar-refractivity contribution in [2.24, 2.45) is 0 Å². The third-order valence-electron chi connectivity index (χ3n) is 1.69. The minimum atomic E-state index is -0.0487. The zero-order valence-corrected chi connectivity index (χ0v) is 9.71. The summed E-state index contributed by atoms with van der Waals surface area (Å²) in [5.74, 6) is 0.769. The number of rotatable bonds is 2. The summed E-state index contributed by atoms with van der Waals surface area (Å²) in [7, 11) is 0. The lowest BCUT2D eigenvalue weighted by Gasteiger charge is -2.05. The van der Waals surface area contributed by atoms with E-state index in [1.54, 1.807) is 6.07 Å². The molecule has 0 spiro atoms. The predicted molar refractivity (Wildman–Crippen MR) is 63.3 cm³/mol. The lowest BCUT2D eigenvalue weighted by Crippen LogP contribution is -2.04. The molecule has 1 rings (SSSR count). The quantitative estimate of drug-likeness (QED) is 0.833. The van der Waals surface area contributed by atoms with Crippen molar-refractivity contribution in [2.75, 3.05) is 11.1 Å². The molecule has 0 radical (unpaired) electrons. The molecule has 14 heavy (non-hydrogen) atoms. The highest BCUT2D eigenvalue weighted by molar-refractivity contribution is 8.13. The van der Waals surface area contributed by atoms with Gasteiger partial charge in [0, 0.05) is 10.7 Å². The number of anilines is 1. The van der Waals surface area contributed by atoms with Crippen LogP contribution in [0.1, 0.15) is 12.5 Å². The molecule has 2 nitrogen and oxygen atoms in total. The maximum absolute atomic E-state index is 11.2. The Kier molecular flexibility index (Phi) is 4.29. The maximum Gasteiger partial charge on any atom is 0.283 e. The Morgan fingerprint density at radius 2 is 2.29 bits per heavy atom. The van der Waals surface area contributed by atoms with Crippen LogP contribution in [-0.4, -0.2) is 11.0 Å². The molecule has 1 N–H and O–H groups in total. The fraction of sp³-hybridized carbons (Fsp3) is 0.300. The molecule has 1 aromatic rings. The lowest BCUT2D eigenvalue weighted by atomic mass is 10.2. The van der Waals surface area contributed by atoms with Gasteiger partial charge in [-0.05, 0) is 30.4 Å². The molecule has 4 heteroatoms. The van der Waals surface area contributed by atoms with Crippen LogP contribution in [0.2, 0.25) is 5.02 Å². The number of hydrogen-bond acceptors (Lipinski definition) is 2. The molecule has 0 unspecified atom stereocenters. The third kappa shape index (κ3) is 3.24. The highest BCUT2D eigenvalue weighted by atomic mass is 35.5. The van der Waals surface area contributed by atoms with E-state index in [9.17, 15) is 4.79 Å². The van der Waals surface area contributed by atoms with Gasteiger partial charge >= 0.3 is 0 Å². The van der Waals surface area contributed by atoms with Gasteiger partial charge in [-0.25, -0.2) is 0 Å². The average molecular weight is 230 g/mol. The number of amides is 1. The van der Waals surface area contributed by atoms with E-state index in [0.717, 1.165) is 17.0 Å². The predicted octanol–water partition coefficient (Wildman–Crippen LogP) is 3.93. The number of benzene rings is 1. The van der Waals surface area contributed by atoms with Crippen molar-refractivity contribution in [3.05, 3.63) is 28.8 Å². The van der Waals surface area contributed by atoms with E-state index in [0.29, 0.717) is 5.02 Å². The van der Waals surface area contributed by atoms with Crippen molar-refractivity contribution in [3.63, 3.8) is 0 Å². The second kappa shape index (κ2) is 5.27. The number of thioether (sulfide) groups is 1. The summed E-state index contributed by atoms with van der Waals surface area (Å²) in [6.07, 6.45) is 0. The SMILES string of the molecule is CCSC(=O)Nc1ccc(C)c(Cl)c1. The molecule has 1 aromatic carbocycles. The van der Waals surface area contributed by atoms with Crippen molar-refractivity contribution < 1.29 is 4.79 Å². The van der Waals surface area contributed by atoms with Crippen LogP contribution in [0.3, 0.4) is 0 Å². The zero-order valence-electron chi connectivity index (χ0n) is 8.13. The first kappa shape index (κ1) is 11.4. The summed E-state index contributed by atoms with van der Waals surface area (Å²) in [5, 5.41) is 3.37. The first-order valence-corrected chi connectivity index (χ1v) is 5.69. The van der Waals surface area contributed by atoms with E-state index in [1.807, 2.05) is 26.0 Å². The van der Waals surface area contributed by atoms with Crippen molar-refractivity contribution in [1.29, 1.82) is 0 Å². The van der Waals surface area contributed by atoms with Crippen LogP contribution in [0.25, 0.3) is 0 Å². The van der Waals surface area contributed by atoms with Gasteiger partial charge in [0.15, 0.2) is 0 Å². The van der Waals surface area contributed by atoms with Crippen molar-refractivity contribution in [3.8, 4) is 0 Å². The molecule has 0 saturated carbocycles. The van der Waals surface area contributed by atoms with Crippen molar-refractivity contribution in [2.45, 2.75) is 13.8 Å². The van der Waals surface area contributed by atoms with Gasteiger partial charge in [0.1, 0.15) is 0 Å². The Balaban J connectivity index is 2.68. The van der Waals surface area contributed by atoms with Gasteiger partial charge in [0.2, 0.25) is 0 Å². The number of carbonyl (C=O) groups excluding carboxylic acids is 1. The Morgan fingerprint density at radius 3 is 2.86 bits per heavy atom. The van der Waals surface area contributed by atoms with Crippen LogP contribution >= 0.6 is 23.4 Å². The van der Waals surface area contributed by atoms with Crippen LogP contribution in [-0.2, 0) is 0 Å². The van der Waals surface area contributed by atoms with Crippen LogP contribution in [0.5, 0.6) is 0 Å². The summed E-state index contributed by atoms with van der Waals surface area (Å²) in [6, 6.07) is 5.48. The first-order chi connectivity index (χ1) is 6.63. The van der Waals surface area contributed by atoms with Crippen LogP contribution in [0.15, 0.2) is 18.2 Å². The van der Waals surface area contributed by atoms with Gasteiger partial charge in [-0.15, -0.1) is 0 Å². The number of halogens is 1. The summed E-state index contributed by atoms with van der Waals surface area (Å²) < 4.78 is 0. The monoisotopic (exact) mass is 229 g/mol. The molecule has 0 fully saturated rings. The first-order valence-electron chi connectivity index (χ1n) is 4.33. The molecule has 0 bridgehead atoms. The van der Waals surface area contributed by atoms with Crippen molar-refractivity contribution >= 4 is 34.3 Å². The number of nitrogens with one attached hydrogen (secondary N) is 1. The van der Waals surface area contributed by atoms with Gasteiger partial charge in [-0.2, -0.15) is 0 Å². The second-order valence-electron chi connectivity index (χ2n) is 2.81. The molecule has 0 atom stereocenters. The van der Waals surface area contributed by atoms with E-state index >= 15 is 0 Å². The van der Waals surface area contributed by atoms with Gasteiger partial charge in [0.05, 0.1) is 0 Å². The normalized spacial score (nSPS) is 9.93. The molecule has 0 saturated heterocycles. The molecule has 76 valence electrons. The third-order valence-corrected chi connectivity index (χ3v) is 2.75. The largest absolute Gasteiger partial charge is 0.317 e. The molecule has 0 aliphatic heterocycles. The number of carbonyl (C=O) groups is 1. The van der Waals surface area contributed by atoms with E-state index in [-0.39, 0.29) is 5.24 Å². The Morgan fingerprint density at radius 1 is 1.57 bits per heavy atom. The fourth-order valence-electron chi connectivity index (χ4n) is 0.956. The summed E-state index contributed by atoms with van der Waals surface area (Å²) in [4.78, 5) is 11.2. The van der Waals surface area contributed by atoms with E-state index in [1.165, 1.54) is 11.8 Å². The van der Waals surface area contributed by atoms with Gasteiger partial charge in [0.25, 0.3) is 5.24 Å². The Hall–Kier alpha value is -0.670. The summed E-state index contributed by atoms with van der Waals surface area (Å²) in [5.41, 5.74) is 1.75. The van der Waals surface area contributed by atoms with Gasteiger partial charge < -0.3 is 5.32 Å². The molecule has 0 aromatic heterocycles. The van der Waals surface area contributed by atoms with Gasteiger partial charge in [-0.1, -0.05) is 36.4 Å². The molecule has 1 amide bonds.